The fraction of sp³-hybridized carbons (Fsp3) is 0.588. The molecule has 1 aliphatic rings. The average molecular weight is 309 g/mol. The van der Waals surface area contributed by atoms with E-state index < -0.39 is 11.4 Å². The Morgan fingerprint density at radius 3 is 2.59 bits per heavy atom. The molecule has 0 aliphatic heterocycles. The number of rotatable bonds is 5. The Kier molecular flexibility index (Phi) is 5.77. The van der Waals surface area contributed by atoms with E-state index in [0.717, 1.165) is 38.5 Å². The summed E-state index contributed by atoms with van der Waals surface area (Å²) >= 11 is 0. The van der Waals surface area contributed by atoms with Crippen molar-refractivity contribution in [3.63, 3.8) is 0 Å². The Bertz CT molecular complexity index is 511. The summed E-state index contributed by atoms with van der Waals surface area (Å²) in [5.74, 6) is -0.519. The van der Waals surface area contributed by atoms with Crippen LogP contribution < -0.4 is 10.1 Å². The van der Waals surface area contributed by atoms with Gasteiger partial charge < -0.3 is 15.2 Å². The standard InChI is InChI=1S/C17H24FNO3/c1-22-15-7-6-13(10-14(15)18)11-16(20)19-12-17(21)8-4-2-3-5-9-17/h6-7,10,21H,2-5,8-9,11-12H2,1H3,(H,19,20). The van der Waals surface area contributed by atoms with Crippen molar-refractivity contribution in [1.82, 2.24) is 5.32 Å². The summed E-state index contributed by atoms with van der Waals surface area (Å²) in [5.41, 5.74) is -0.208. The summed E-state index contributed by atoms with van der Waals surface area (Å²) < 4.78 is 18.4. The van der Waals surface area contributed by atoms with Crippen molar-refractivity contribution in [2.75, 3.05) is 13.7 Å². The molecule has 0 spiro atoms. The molecule has 2 rings (SSSR count). The number of ether oxygens (including phenoxy) is 1. The summed E-state index contributed by atoms with van der Waals surface area (Å²) in [7, 11) is 1.40. The van der Waals surface area contributed by atoms with Gasteiger partial charge in [-0.15, -0.1) is 0 Å². The Morgan fingerprint density at radius 1 is 1.32 bits per heavy atom. The van der Waals surface area contributed by atoms with E-state index in [9.17, 15) is 14.3 Å². The third kappa shape index (κ3) is 4.70. The first-order valence-corrected chi connectivity index (χ1v) is 7.84. The lowest BCUT2D eigenvalue weighted by atomic mass is 9.94. The van der Waals surface area contributed by atoms with E-state index in [2.05, 4.69) is 5.32 Å². The van der Waals surface area contributed by atoms with Crippen LogP contribution in [0.3, 0.4) is 0 Å². The van der Waals surface area contributed by atoms with Crippen molar-refractivity contribution in [3.8, 4) is 5.75 Å². The van der Waals surface area contributed by atoms with E-state index in [4.69, 9.17) is 4.74 Å². The molecule has 1 aliphatic carbocycles. The molecule has 0 atom stereocenters. The zero-order valence-corrected chi connectivity index (χ0v) is 13.0. The summed E-state index contributed by atoms with van der Waals surface area (Å²) in [6, 6.07) is 4.48. The molecule has 1 aromatic carbocycles. The Morgan fingerprint density at radius 2 is 2.00 bits per heavy atom. The number of carbonyl (C=O) groups excluding carboxylic acids is 1. The highest BCUT2D eigenvalue weighted by molar-refractivity contribution is 5.78. The number of halogens is 1. The van der Waals surface area contributed by atoms with Gasteiger partial charge in [0.2, 0.25) is 5.91 Å². The van der Waals surface area contributed by atoms with Crippen molar-refractivity contribution in [2.45, 2.75) is 50.5 Å². The topological polar surface area (TPSA) is 58.6 Å². The molecule has 0 unspecified atom stereocenters. The van der Waals surface area contributed by atoms with Crippen LogP contribution >= 0.6 is 0 Å². The normalized spacial score (nSPS) is 17.6. The maximum Gasteiger partial charge on any atom is 0.224 e. The fourth-order valence-corrected chi connectivity index (χ4v) is 2.89. The molecule has 0 heterocycles. The van der Waals surface area contributed by atoms with E-state index in [1.807, 2.05) is 0 Å². The first-order valence-electron chi connectivity index (χ1n) is 7.84. The van der Waals surface area contributed by atoms with Gasteiger partial charge in [-0.2, -0.15) is 0 Å². The second-order valence-corrected chi connectivity index (χ2v) is 6.06. The first-order chi connectivity index (χ1) is 10.5. The highest BCUT2D eigenvalue weighted by Gasteiger charge is 2.28. The van der Waals surface area contributed by atoms with Crippen LogP contribution in [0.5, 0.6) is 5.75 Å². The van der Waals surface area contributed by atoms with Crippen LogP contribution in [0.1, 0.15) is 44.1 Å². The molecule has 5 heteroatoms. The number of methoxy groups -OCH3 is 1. The molecule has 1 amide bonds. The number of nitrogens with one attached hydrogen (secondary N) is 1. The highest BCUT2D eigenvalue weighted by atomic mass is 19.1. The van der Waals surface area contributed by atoms with Crippen molar-refractivity contribution in [2.24, 2.45) is 0 Å². The minimum atomic E-state index is -0.794. The zero-order chi connectivity index (χ0) is 16.0. The summed E-state index contributed by atoms with van der Waals surface area (Å²) in [5, 5.41) is 13.3. The van der Waals surface area contributed by atoms with Gasteiger partial charge in [0.05, 0.1) is 19.1 Å². The maximum atomic E-state index is 13.6. The minimum absolute atomic E-state index is 0.0942. The van der Waals surface area contributed by atoms with E-state index in [-0.39, 0.29) is 24.6 Å². The Labute approximate surface area is 130 Å². The van der Waals surface area contributed by atoms with Gasteiger partial charge in [0.25, 0.3) is 0 Å². The van der Waals surface area contributed by atoms with Gasteiger partial charge >= 0.3 is 0 Å². The molecule has 1 aromatic rings. The molecular weight excluding hydrogens is 285 g/mol. The maximum absolute atomic E-state index is 13.6. The van der Waals surface area contributed by atoms with Crippen molar-refractivity contribution >= 4 is 5.91 Å². The van der Waals surface area contributed by atoms with Gasteiger partial charge in [-0.1, -0.05) is 31.7 Å². The van der Waals surface area contributed by atoms with Gasteiger partial charge in [0, 0.05) is 6.54 Å². The number of amides is 1. The van der Waals surface area contributed by atoms with Crippen LogP contribution in [-0.4, -0.2) is 30.3 Å². The van der Waals surface area contributed by atoms with E-state index >= 15 is 0 Å². The molecule has 1 saturated carbocycles. The lowest BCUT2D eigenvalue weighted by molar-refractivity contribution is -0.121. The number of carbonyl (C=O) groups is 1. The highest BCUT2D eigenvalue weighted by Crippen LogP contribution is 2.26. The largest absolute Gasteiger partial charge is 0.494 e. The predicted molar refractivity (Wildman–Crippen MR) is 82.3 cm³/mol. The van der Waals surface area contributed by atoms with Crippen molar-refractivity contribution in [1.29, 1.82) is 0 Å². The van der Waals surface area contributed by atoms with Crippen LogP contribution in [0.25, 0.3) is 0 Å². The van der Waals surface area contributed by atoms with Crippen LogP contribution in [-0.2, 0) is 11.2 Å². The Hall–Kier alpha value is -1.62. The number of hydrogen-bond donors (Lipinski definition) is 2. The van der Waals surface area contributed by atoms with Crippen molar-refractivity contribution in [3.05, 3.63) is 29.6 Å². The molecule has 4 nitrogen and oxygen atoms in total. The lowest BCUT2D eigenvalue weighted by Gasteiger charge is -2.26. The van der Waals surface area contributed by atoms with E-state index in [0.29, 0.717) is 5.56 Å². The summed E-state index contributed by atoms with van der Waals surface area (Å²) in [6.45, 7) is 0.268. The first kappa shape index (κ1) is 16.7. The van der Waals surface area contributed by atoms with Gasteiger partial charge in [0.1, 0.15) is 0 Å². The monoisotopic (exact) mass is 309 g/mol. The number of hydrogen-bond acceptors (Lipinski definition) is 3. The van der Waals surface area contributed by atoms with Crippen molar-refractivity contribution < 1.29 is 19.0 Å². The average Bonchev–Trinajstić information content (AvgIpc) is 2.71. The quantitative estimate of drug-likeness (QED) is 0.822. The predicted octanol–water partition coefficient (Wildman–Crippen LogP) is 2.58. The smallest absolute Gasteiger partial charge is 0.224 e. The van der Waals surface area contributed by atoms with Crippen LogP contribution in [0.4, 0.5) is 4.39 Å². The van der Waals surface area contributed by atoms with Gasteiger partial charge in [-0.25, -0.2) is 4.39 Å². The fourth-order valence-electron chi connectivity index (χ4n) is 2.89. The second kappa shape index (κ2) is 7.58. The van der Waals surface area contributed by atoms with E-state index in [1.54, 1.807) is 6.07 Å². The molecule has 1 fully saturated rings. The molecule has 0 bridgehead atoms. The molecule has 22 heavy (non-hydrogen) atoms. The van der Waals surface area contributed by atoms with Gasteiger partial charge in [-0.05, 0) is 30.5 Å². The van der Waals surface area contributed by atoms with Gasteiger partial charge in [0.15, 0.2) is 11.6 Å². The summed E-state index contributed by atoms with van der Waals surface area (Å²) in [4.78, 5) is 12.0. The minimum Gasteiger partial charge on any atom is -0.494 e. The Balaban J connectivity index is 1.86. The number of aliphatic hydroxyl groups is 1. The molecule has 0 saturated heterocycles. The van der Waals surface area contributed by atoms with Crippen LogP contribution in [0, 0.1) is 5.82 Å². The number of benzene rings is 1. The van der Waals surface area contributed by atoms with Gasteiger partial charge in [-0.3, -0.25) is 4.79 Å². The lowest BCUT2D eigenvalue weighted by Crippen LogP contribution is -2.43. The molecular formula is C17H24FNO3. The molecule has 122 valence electrons. The molecule has 0 radical (unpaired) electrons. The molecule has 0 aromatic heterocycles. The third-order valence-electron chi connectivity index (χ3n) is 4.23. The molecule has 2 N–H and O–H groups in total. The zero-order valence-electron chi connectivity index (χ0n) is 13.0. The second-order valence-electron chi connectivity index (χ2n) is 6.06. The van der Waals surface area contributed by atoms with E-state index in [1.165, 1.54) is 19.2 Å². The summed E-state index contributed by atoms with van der Waals surface area (Å²) in [6.07, 6.45) is 5.82. The van der Waals surface area contributed by atoms with Crippen LogP contribution in [0.15, 0.2) is 18.2 Å². The third-order valence-corrected chi connectivity index (χ3v) is 4.23. The SMILES string of the molecule is COc1ccc(CC(=O)NCC2(O)CCCCCC2)cc1F. The van der Waals surface area contributed by atoms with Crippen LogP contribution in [0.2, 0.25) is 0 Å².